The Kier molecular flexibility index (Phi) is 7.06. The molecule has 8 atom stereocenters. The zero-order chi connectivity index (χ0) is 20.7. The lowest BCUT2D eigenvalue weighted by Crippen LogP contribution is -2.68. The van der Waals surface area contributed by atoms with Crippen LogP contribution in [-0.4, -0.2) is 34.0 Å². The van der Waals surface area contributed by atoms with E-state index in [-0.39, 0.29) is 15.7 Å². The Hall–Kier alpha value is 0.730. The average Bonchev–Trinajstić information content (AvgIpc) is 3.03. The first kappa shape index (κ1) is 22.9. The molecule has 4 aliphatic rings. The van der Waals surface area contributed by atoms with Gasteiger partial charge in [-0.1, -0.05) is 12.8 Å². The average molecular weight is 462 g/mol. The molecule has 0 amide bonds. The lowest BCUT2D eigenvalue weighted by atomic mass is 9.46. The molecule has 0 aromatic carbocycles. The highest BCUT2D eigenvalue weighted by atomic mass is 32.2. The Morgan fingerprint density at radius 2 is 1.90 bits per heavy atom. The van der Waals surface area contributed by atoms with E-state index in [1.807, 2.05) is 0 Å². The Morgan fingerprint density at radius 1 is 1.07 bits per heavy atom. The summed E-state index contributed by atoms with van der Waals surface area (Å²) in [5, 5.41) is 0. The second-order valence-electron chi connectivity index (χ2n) is 10.2. The molecular weight excluding hydrogens is 422 g/mol. The molecule has 1 unspecified atom stereocenters. The minimum atomic E-state index is -1.62. The van der Waals surface area contributed by atoms with Crippen LogP contribution in [0, 0.1) is 29.1 Å². The zero-order valence-corrected chi connectivity index (χ0v) is 20.4. The molecule has 168 valence electrons. The summed E-state index contributed by atoms with van der Waals surface area (Å²) in [6.45, 7) is 0.477. The number of thiol groups is 2. The van der Waals surface area contributed by atoms with Gasteiger partial charge in [-0.2, -0.15) is 29.5 Å². The highest BCUT2D eigenvalue weighted by Crippen LogP contribution is 2.68. The van der Waals surface area contributed by atoms with Crippen LogP contribution in [0.5, 0.6) is 0 Å². The molecule has 0 heterocycles. The highest BCUT2D eigenvalue weighted by Gasteiger charge is 2.67. The quantitative estimate of drug-likeness (QED) is 0.379. The fourth-order valence-corrected chi connectivity index (χ4v) is 9.92. The van der Waals surface area contributed by atoms with Gasteiger partial charge in [0.1, 0.15) is 0 Å². The smallest absolute Gasteiger partial charge is 0.304 e. The molecule has 0 spiro atoms. The number of fused-ring (bicyclic) bond motifs is 5. The van der Waals surface area contributed by atoms with Crippen molar-refractivity contribution in [2.24, 2.45) is 34.8 Å². The minimum absolute atomic E-state index is 0.101. The Balaban J connectivity index is 1.50. The SMILES string of the molecule is COS(=O)OCCC[C@H]1CC[C@@]2(N)[C@@H]3CC[C@@H]4CCCC[C@]4(S)[C@H]3CC[C@]12CS. The summed E-state index contributed by atoms with van der Waals surface area (Å²) < 4.78 is 21.5. The van der Waals surface area contributed by atoms with Crippen molar-refractivity contribution < 1.29 is 12.6 Å². The van der Waals surface area contributed by atoms with Crippen LogP contribution in [0.15, 0.2) is 0 Å². The van der Waals surface area contributed by atoms with Crippen LogP contribution >= 0.6 is 25.3 Å². The van der Waals surface area contributed by atoms with Gasteiger partial charge in [0, 0.05) is 15.7 Å². The van der Waals surface area contributed by atoms with Crippen molar-refractivity contribution in [3.05, 3.63) is 0 Å². The highest BCUT2D eigenvalue weighted by molar-refractivity contribution is 7.81. The lowest BCUT2D eigenvalue weighted by Gasteiger charge is -2.64. The molecule has 0 aromatic heterocycles. The van der Waals surface area contributed by atoms with Crippen molar-refractivity contribution in [3.63, 3.8) is 0 Å². The standard InChI is InChI=1S/C22H39NO3S3/c1-25-29(24)26-14-4-6-16-9-13-22(23)19-8-7-17-5-2-3-11-21(17,28)18(19)10-12-20(16,22)15-27/h16-19,27-28H,2-15,23H2,1H3/t16-,17-,18-,19+,20-,21+,22+,29?/m0/s1. The third-order valence-corrected chi connectivity index (χ3v) is 11.6. The van der Waals surface area contributed by atoms with Gasteiger partial charge >= 0.3 is 11.4 Å². The second-order valence-corrected chi connectivity index (χ2v) is 12.3. The van der Waals surface area contributed by atoms with Crippen molar-refractivity contribution >= 4 is 36.6 Å². The van der Waals surface area contributed by atoms with E-state index >= 15 is 0 Å². The minimum Gasteiger partial charge on any atom is -0.324 e. The van der Waals surface area contributed by atoms with Gasteiger partial charge in [0.25, 0.3) is 0 Å². The van der Waals surface area contributed by atoms with E-state index in [4.69, 9.17) is 35.2 Å². The zero-order valence-electron chi connectivity index (χ0n) is 17.8. The summed E-state index contributed by atoms with van der Waals surface area (Å²) in [6, 6.07) is 0. The molecule has 4 saturated carbocycles. The van der Waals surface area contributed by atoms with Gasteiger partial charge < -0.3 is 5.73 Å². The van der Waals surface area contributed by atoms with Crippen LogP contribution in [0.3, 0.4) is 0 Å². The maximum Gasteiger partial charge on any atom is 0.304 e. The predicted molar refractivity (Wildman–Crippen MR) is 125 cm³/mol. The fourth-order valence-electron chi connectivity index (χ4n) is 8.14. The first-order valence-corrected chi connectivity index (χ1v) is 13.7. The molecular formula is C22H39NO3S3. The molecule has 4 fully saturated rings. The Labute approximate surface area is 190 Å². The maximum atomic E-state index is 11.3. The molecule has 0 aliphatic heterocycles. The van der Waals surface area contributed by atoms with Crippen LogP contribution in [-0.2, 0) is 19.7 Å². The molecule has 4 nitrogen and oxygen atoms in total. The van der Waals surface area contributed by atoms with Gasteiger partial charge in [-0.3, -0.25) is 8.37 Å². The van der Waals surface area contributed by atoms with E-state index in [0.29, 0.717) is 24.4 Å². The lowest BCUT2D eigenvalue weighted by molar-refractivity contribution is -0.0644. The molecule has 0 aromatic rings. The van der Waals surface area contributed by atoms with Crippen molar-refractivity contribution in [3.8, 4) is 0 Å². The van der Waals surface area contributed by atoms with Gasteiger partial charge in [-0.15, -0.1) is 0 Å². The molecule has 0 saturated heterocycles. The predicted octanol–water partition coefficient (Wildman–Crippen LogP) is 4.71. The number of rotatable bonds is 7. The van der Waals surface area contributed by atoms with Crippen LogP contribution in [0.2, 0.25) is 0 Å². The summed E-state index contributed by atoms with van der Waals surface area (Å²) in [7, 11) is 1.40. The molecule has 4 aliphatic carbocycles. The van der Waals surface area contributed by atoms with Crippen molar-refractivity contribution in [1.29, 1.82) is 0 Å². The van der Waals surface area contributed by atoms with E-state index in [1.165, 1.54) is 64.9 Å². The topological polar surface area (TPSA) is 61.5 Å². The van der Waals surface area contributed by atoms with Crippen LogP contribution in [0.4, 0.5) is 0 Å². The van der Waals surface area contributed by atoms with Gasteiger partial charge in [0.2, 0.25) is 0 Å². The first-order chi connectivity index (χ1) is 13.9. The van der Waals surface area contributed by atoms with E-state index < -0.39 is 11.4 Å². The number of nitrogens with two attached hydrogens (primary N) is 1. The second kappa shape index (κ2) is 8.93. The molecule has 0 radical (unpaired) electrons. The van der Waals surface area contributed by atoms with Crippen LogP contribution < -0.4 is 5.73 Å². The summed E-state index contributed by atoms with van der Waals surface area (Å²) in [5.41, 5.74) is 7.45. The van der Waals surface area contributed by atoms with Crippen molar-refractivity contribution in [1.82, 2.24) is 0 Å². The Morgan fingerprint density at radius 3 is 2.66 bits per heavy atom. The van der Waals surface area contributed by atoms with E-state index in [1.54, 1.807) is 0 Å². The molecule has 7 heteroatoms. The van der Waals surface area contributed by atoms with Crippen LogP contribution in [0.1, 0.15) is 77.0 Å². The first-order valence-electron chi connectivity index (χ1n) is 11.6. The number of hydrogen-bond acceptors (Lipinski definition) is 6. The Bertz CT molecular complexity index is 622. The van der Waals surface area contributed by atoms with Crippen LogP contribution in [0.25, 0.3) is 0 Å². The van der Waals surface area contributed by atoms with Gasteiger partial charge in [-0.05, 0) is 93.6 Å². The van der Waals surface area contributed by atoms with E-state index in [9.17, 15) is 4.21 Å². The summed E-state index contributed by atoms with van der Waals surface area (Å²) in [5.74, 6) is 3.53. The summed E-state index contributed by atoms with van der Waals surface area (Å²) >= 11 is 8.69. The molecule has 29 heavy (non-hydrogen) atoms. The van der Waals surface area contributed by atoms with Crippen molar-refractivity contribution in [2.45, 2.75) is 87.3 Å². The van der Waals surface area contributed by atoms with Gasteiger partial charge in [-0.25, -0.2) is 0 Å². The molecule has 0 bridgehead atoms. The monoisotopic (exact) mass is 461 g/mol. The van der Waals surface area contributed by atoms with E-state index in [0.717, 1.165) is 30.9 Å². The third kappa shape index (κ3) is 3.68. The molecule has 4 rings (SSSR count). The summed E-state index contributed by atoms with van der Waals surface area (Å²) in [4.78, 5) is 0. The molecule has 2 N–H and O–H groups in total. The third-order valence-electron chi connectivity index (χ3n) is 9.51. The van der Waals surface area contributed by atoms with Crippen molar-refractivity contribution in [2.75, 3.05) is 19.5 Å². The normalized spacial score (nSPS) is 47.9. The largest absolute Gasteiger partial charge is 0.324 e. The van der Waals surface area contributed by atoms with Gasteiger partial charge in [0.15, 0.2) is 0 Å². The fraction of sp³-hybridized carbons (Fsp3) is 1.00. The summed E-state index contributed by atoms with van der Waals surface area (Å²) in [6.07, 6.45) is 14.7. The van der Waals surface area contributed by atoms with Gasteiger partial charge in [0.05, 0.1) is 13.7 Å². The number of hydrogen-bond donors (Lipinski definition) is 3. The maximum absolute atomic E-state index is 11.3. The van der Waals surface area contributed by atoms with E-state index in [2.05, 4.69) is 4.18 Å².